The maximum atomic E-state index is 6.31. The van der Waals surface area contributed by atoms with Gasteiger partial charge in [0.05, 0.1) is 23.9 Å². The van der Waals surface area contributed by atoms with Gasteiger partial charge in [0.25, 0.3) is 6.02 Å². The number of aliphatic imine (C=N–C) groups is 1. The van der Waals surface area contributed by atoms with Crippen molar-refractivity contribution in [2.24, 2.45) is 4.99 Å². The smallest absolute Gasteiger partial charge is 0.295 e. The van der Waals surface area contributed by atoms with E-state index in [1.54, 1.807) is 18.4 Å². The second kappa shape index (κ2) is 8.44. The molecule has 2 aromatic rings. The first-order chi connectivity index (χ1) is 13.0. The van der Waals surface area contributed by atoms with Crippen LogP contribution in [0.5, 0.6) is 5.75 Å². The van der Waals surface area contributed by atoms with Gasteiger partial charge in [0.1, 0.15) is 11.4 Å². The van der Waals surface area contributed by atoms with E-state index in [1.165, 1.54) is 0 Å². The molecule has 0 N–H and O–H groups in total. The number of methoxy groups -OCH3 is 1. The van der Waals surface area contributed by atoms with E-state index in [-0.39, 0.29) is 5.60 Å². The zero-order valence-corrected chi connectivity index (χ0v) is 17.8. The van der Waals surface area contributed by atoms with Crippen LogP contribution >= 0.6 is 11.3 Å². The molecular formula is C20H30N4O2S. The summed E-state index contributed by atoms with van der Waals surface area (Å²) in [5, 5.41) is 0.711. The predicted molar refractivity (Wildman–Crippen MR) is 112 cm³/mol. The Hall–Kier alpha value is -1.86. The van der Waals surface area contributed by atoms with Crippen molar-refractivity contribution >= 4 is 32.7 Å². The Morgan fingerprint density at radius 3 is 2.74 bits per heavy atom. The lowest BCUT2D eigenvalue weighted by atomic mass is 10.1. The summed E-state index contributed by atoms with van der Waals surface area (Å²) in [5.74, 6) is 0.833. The van der Waals surface area contributed by atoms with Crippen LogP contribution in [0.25, 0.3) is 10.2 Å². The second-order valence-electron chi connectivity index (χ2n) is 7.41. The van der Waals surface area contributed by atoms with Crippen molar-refractivity contribution in [3.63, 3.8) is 0 Å². The number of aromatic nitrogens is 1. The Labute approximate surface area is 165 Å². The Morgan fingerprint density at radius 2 is 2.07 bits per heavy atom. The summed E-state index contributed by atoms with van der Waals surface area (Å²) >= 11 is 1.55. The Morgan fingerprint density at radius 1 is 1.33 bits per heavy atom. The average Bonchev–Trinajstić information content (AvgIpc) is 3.14. The number of benzene rings is 1. The minimum Gasteiger partial charge on any atom is -0.497 e. The number of hydrogen-bond donors (Lipinski definition) is 0. The number of likely N-dealkylation sites (N-methyl/N-ethyl adjacent to an activating group) is 1. The first-order valence-corrected chi connectivity index (χ1v) is 10.4. The van der Waals surface area contributed by atoms with Crippen molar-refractivity contribution in [2.75, 3.05) is 40.3 Å². The van der Waals surface area contributed by atoms with Gasteiger partial charge in [0, 0.05) is 13.6 Å². The zero-order chi connectivity index (χ0) is 19.4. The van der Waals surface area contributed by atoms with Crippen LogP contribution in [0.1, 0.15) is 33.6 Å². The van der Waals surface area contributed by atoms with E-state index >= 15 is 0 Å². The molecule has 2 heterocycles. The fraction of sp³-hybridized carbons (Fsp3) is 0.600. The molecule has 1 aliphatic rings. The molecule has 1 aromatic heterocycles. The Bertz CT molecular complexity index is 800. The average molecular weight is 391 g/mol. The number of nitrogens with zero attached hydrogens (tertiary/aromatic N) is 4. The van der Waals surface area contributed by atoms with Gasteiger partial charge in [-0.15, -0.1) is 0 Å². The highest BCUT2D eigenvalue weighted by Crippen LogP contribution is 2.32. The summed E-state index contributed by atoms with van der Waals surface area (Å²) in [6.45, 7) is 10.6. The molecule has 148 valence electrons. The van der Waals surface area contributed by atoms with Gasteiger partial charge >= 0.3 is 0 Å². The molecule has 1 aromatic carbocycles. The molecule has 0 spiro atoms. The van der Waals surface area contributed by atoms with Gasteiger partial charge in [-0.1, -0.05) is 25.2 Å². The van der Waals surface area contributed by atoms with E-state index in [1.807, 2.05) is 25.2 Å². The van der Waals surface area contributed by atoms with Crippen LogP contribution in [0.15, 0.2) is 23.2 Å². The molecule has 1 atom stereocenters. The van der Waals surface area contributed by atoms with Crippen molar-refractivity contribution in [1.29, 1.82) is 0 Å². The van der Waals surface area contributed by atoms with Gasteiger partial charge in [0.15, 0.2) is 0 Å². The van der Waals surface area contributed by atoms with Gasteiger partial charge in [0.2, 0.25) is 5.13 Å². The lowest BCUT2D eigenvalue weighted by Gasteiger charge is -2.30. The van der Waals surface area contributed by atoms with Crippen LogP contribution in [0.3, 0.4) is 0 Å². The number of ether oxygens (including phenoxy) is 2. The molecular weight excluding hydrogens is 360 g/mol. The summed E-state index contributed by atoms with van der Waals surface area (Å²) in [5.41, 5.74) is 0.679. The molecule has 27 heavy (non-hydrogen) atoms. The zero-order valence-electron chi connectivity index (χ0n) is 17.0. The summed E-state index contributed by atoms with van der Waals surface area (Å²) in [6.07, 6.45) is 2.31. The van der Waals surface area contributed by atoms with Crippen molar-refractivity contribution < 1.29 is 9.47 Å². The molecule has 1 fully saturated rings. The first kappa shape index (κ1) is 19.9. The van der Waals surface area contributed by atoms with Crippen molar-refractivity contribution in [3.05, 3.63) is 18.2 Å². The minimum absolute atomic E-state index is 0.252. The number of hydrogen-bond acceptors (Lipinski definition) is 6. The van der Waals surface area contributed by atoms with E-state index < -0.39 is 0 Å². The fourth-order valence-electron chi connectivity index (χ4n) is 3.62. The molecule has 6 nitrogen and oxygen atoms in total. The van der Waals surface area contributed by atoms with E-state index in [4.69, 9.17) is 14.5 Å². The van der Waals surface area contributed by atoms with Gasteiger partial charge in [-0.3, -0.25) is 4.90 Å². The largest absolute Gasteiger partial charge is 0.497 e. The van der Waals surface area contributed by atoms with Crippen LogP contribution in [0, 0.1) is 0 Å². The van der Waals surface area contributed by atoms with Crippen LogP contribution in [0.2, 0.25) is 0 Å². The highest BCUT2D eigenvalue weighted by Gasteiger charge is 2.39. The number of fused-ring (bicyclic) bond motifs is 1. The molecule has 0 bridgehead atoms. The predicted octanol–water partition coefficient (Wildman–Crippen LogP) is 4.14. The normalized spacial score (nSPS) is 21.4. The minimum atomic E-state index is -0.252. The van der Waals surface area contributed by atoms with E-state index in [2.05, 4.69) is 35.6 Å². The van der Waals surface area contributed by atoms with Crippen LogP contribution in [-0.2, 0) is 4.74 Å². The number of thiazole rings is 1. The van der Waals surface area contributed by atoms with E-state index in [9.17, 15) is 0 Å². The standard InChI is InChI=1S/C20H30N4O2S/c1-6-10-24(11-7-2)14-20(3)13-23(4)19(26-20)22-18-21-16-9-8-15(25-5)12-17(16)27-18/h8-9,12H,6-7,10-11,13-14H2,1-5H3/b22-19-. The molecule has 0 saturated carbocycles. The first-order valence-electron chi connectivity index (χ1n) is 9.62. The van der Waals surface area contributed by atoms with Gasteiger partial charge in [-0.2, -0.15) is 4.99 Å². The maximum Gasteiger partial charge on any atom is 0.295 e. The molecule has 0 aliphatic carbocycles. The van der Waals surface area contributed by atoms with E-state index in [0.717, 1.165) is 55.0 Å². The molecule has 7 heteroatoms. The Balaban J connectivity index is 1.77. The van der Waals surface area contributed by atoms with Gasteiger partial charge in [-0.05, 0) is 51.1 Å². The van der Waals surface area contributed by atoms with Crippen molar-refractivity contribution in [2.45, 2.75) is 39.2 Å². The van der Waals surface area contributed by atoms with Crippen molar-refractivity contribution in [3.8, 4) is 5.75 Å². The monoisotopic (exact) mass is 390 g/mol. The quantitative estimate of drug-likeness (QED) is 0.678. The molecule has 0 radical (unpaired) electrons. The summed E-state index contributed by atoms with van der Waals surface area (Å²) in [4.78, 5) is 13.9. The molecule has 1 saturated heterocycles. The summed E-state index contributed by atoms with van der Waals surface area (Å²) in [6, 6.07) is 6.53. The number of rotatable bonds is 8. The third kappa shape index (κ3) is 4.71. The van der Waals surface area contributed by atoms with Crippen LogP contribution < -0.4 is 4.74 Å². The molecule has 3 rings (SSSR count). The molecule has 1 unspecified atom stereocenters. The summed E-state index contributed by atoms with van der Waals surface area (Å²) < 4.78 is 12.7. The van der Waals surface area contributed by atoms with E-state index in [0.29, 0.717) is 11.2 Å². The van der Waals surface area contributed by atoms with Gasteiger partial charge in [-0.25, -0.2) is 4.98 Å². The highest BCUT2D eigenvalue weighted by molar-refractivity contribution is 7.22. The second-order valence-corrected chi connectivity index (χ2v) is 8.42. The van der Waals surface area contributed by atoms with Gasteiger partial charge < -0.3 is 14.4 Å². The summed E-state index contributed by atoms with van der Waals surface area (Å²) in [7, 11) is 3.70. The Kier molecular flexibility index (Phi) is 6.22. The van der Waals surface area contributed by atoms with Crippen LogP contribution in [0.4, 0.5) is 5.13 Å². The topological polar surface area (TPSA) is 50.2 Å². The number of amidine groups is 1. The van der Waals surface area contributed by atoms with Crippen LogP contribution in [-0.4, -0.2) is 66.7 Å². The molecule has 1 aliphatic heterocycles. The third-order valence-corrected chi connectivity index (χ3v) is 5.56. The lowest BCUT2D eigenvalue weighted by Crippen LogP contribution is -2.44. The SMILES string of the molecule is CCCN(CCC)CC1(C)CN(C)/C(=N/c2nc3ccc(OC)cc3s2)O1. The fourth-order valence-corrected chi connectivity index (χ4v) is 4.47. The van der Waals surface area contributed by atoms with Crippen molar-refractivity contribution in [1.82, 2.24) is 14.8 Å². The highest BCUT2D eigenvalue weighted by atomic mass is 32.1. The third-order valence-electron chi connectivity index (χ3n) is 4.65. The maximum absolute atomic E-state index is 6.31. The lowest BCUT2D eigenvalue weighted by molar-refractivity contribution is 0.0604. The molecule has 0 amide bonds.